The van der Waals surface area contributed by atoms with Crippen molar-refractivity contribution >= 4 is 135 Å². The summed E-state index contributed by atoms with van der Waals surface area (Å²) in [4.78, 5) is 139. The zero-order valence-corrected chi connectivity index (χ0v) is 43.8. The number of aliphatic carboxylic acids is 2. The van der Waals surface area contributed by atoms with Gasteiger partial charge in [-0.15, -0.1) is 0 Å². The standard InChI is InChI=1S/C16H21N4O7P.C14H16ClN2O5P.C6H8N2O2.C3H7NO2.Cl3OP/c21-12-2-3-13(22)19(12)9-1-11-28(27,17-7-6-16(25)26)18-8-10-20-14(23)4-5-15(20)24;15-23(22,9-1-7-16-11(18)3-4-12(16)19)10-2-8-17-13(20)5-6-14(17)21;7-3-4-8-5(9)1-2-6(8)10;4-2-1-3(5)6;1-5(2,3)4/h2-5H,1,6-11H2,(H,25,26)(H2,17,18,27);3-6H,1-2,7-10H2;1-2H,3-4,7H2;1-2,4H2,(H,5,6);. The third kappa shape index (κ3) is 26.1. The van der Waals surface area contributed by atoms with Gasteiger partial charge in [0.25, 0.3) is 59.1 Å². The maximum atomic E-state index is 13.0. The number of nitrogens with two attached hydrogens (primary N) is 2. The Morgan fingerprint density at radius 3 is 0.958 bits per heavy atom. The monoisotopic (exact) mass is 1150 g/mol. The molecule has 398 valence electrons. The molecule has 0 fully saturated rings. The van der Waals surface area contributed by atoms with Crippen molar-refractivity contribution in [3.8, 4) is 0 Å². The maximum Gasteiger partial charge on any atom is 0.339 e. The lowest BCUT2D eigenvalue weighted by atomic mass is 10.4. The van der Waals surface area contributed by atoms with Gasteiger partial charge in [-0.3, -0.25) is 101 Å². The fourth-order valence-electron chi connectivity index (χ4n) is 5.90. The highest BCUT2D eigenvalue weighted by atomic mass is 36.0. The number of carboxylic acids is 2. The molecule has 26 nitrogen and oxygen atoms in total. The number of hydrogen-bond donors (Lipinski definition) is 6. The van der Waals surface area contributed by atoms with Crippen molar-refractivity contribution in [2.75, 3.05) is 77.4 Å². The highest BCUT2D eigenvalue weighted by Gasteiger charge is 2.29. The first-order valence-corrected chi connectivity index (χ1v) is 30.4. The lowest BCUT2D eigenvalue weighted by Gasteiger charge is -2.23. The van der Waals surface area contributed by atoms with Crippen LogP contribution in [0.25, 0.3) is 0 Å². The molecule has 72 heavy (non-hydrogen) atoms. The maximum absolute atomic E-state index is 13.0. The molecule has 0 bridgehead atoms. The summed E-state index contributed by atoms with van der Waals surface area (Å²) < 4.78 is 34.8. The van der Waals surface area contributed by atoms with Crippen LogP contribution >= 0.6 is 64.1 Å². The van der Waals surface area contributed by atoms with E-state index in [1.54, 1.807) is 0 Å². The minimum atomic E-state index is -3.27. The Balaban J connectivity index is 0.000000520. The number of halogens is 4. The smallest absolute Gasteiger partial charge is 0.339 e. The lowest BCUT2D eigenvalue weighted by molar-refractivity contribution is -0.138. The molecule has 0 aromatic carbocycles. The SMILES string of the molecule is NCCC(=O)O.NCCN1C(=O)C=CC1=O.O=C(O)CCNP(=O)(CCCN1C(=O)C=CC1=O)NCCN1C(=O)C=CC1=O.O=C1C=CC(=O)N1CCCP(=O)(Cl)CCCN1C(=O)C=CC1=O.O=P(Cl)(Cl)Cl. The van der Waals surface area contributed by atoms with Gasteiger partial charge < -0.3 is 26.2 Å². The van der Waals surface area contributed by atoms with Gasteiger partial charge >= 0.3 is 17.1 Å². The van der Waals surface area contributed by atoms with Gasteiger partial charge in [0, 0.05) is 138 Å². The van der Waals surface area contributed by atoms with E-state index in [1.165, 1.54) is 36.5 Å². The topological polar surface area (TPSA) is 389 Å². The van der Waals surface area contributed by atoms with E-state index in [4.69, 9.17) is 32.9 Å². The van der Waals surface area contributed by atoms with Gasteiger partial charge in [0.2, 0.25) is 7.44 Å². The number of imide groups is 5. The number of carbonyl (C=O) groups excluding carboxylic acids is 10. The molecule has 33 heteroatoms. The van der Waals surface area contributed by atoms with Gasteiger partial charge in [-0.25, -0.2) is 0 Å². The molecule has 5 heterocycles. The molecule has 8 N–H and O–H groups in total. The average molecular weight is 1150 g/mol. The minimum absolute atomic E-state index is 0.00227. The van der Waals surface area contributed by atoms with Gasteiger partial charge in [-0.2, -0.15) is 0 Å². The summed E-state index contributed by atoms with van der Waals surface area (Å²) in [7, 11) is -3.27. The molecule has 1 unspecified atom stereocenters. The number of amides is 10. The second-order valence-corrected chi connectivity index (χ2v) is 28.2. The van der Waals surface area contributed by atoms with Crippen LogP contribution in [0.2, 0.25) is 0 Å². The molecular formula is C39H52Cl4N9O17P3. The largest absolute Gasteiger partial charge is 0.481 e. The van der Waals surface area contributed by atoms with Gasteiger partial charge in [0.1, 0.15) is 0 Å². The van der Waals surface area contributed by atoms with Gasteiger partial charge in [-0.1, -0.05) is 11.2 Å². The van der Waals surface area contributed by atoms with Crippen LogP contribution in [0.5, 0.6) is 0 Å². The Labute approximate surface area is 431 Å². The Bertz CT molecular complexity index is 2190. The van der Waals surface area contributed by atoms with Crippen molar-refractivity contribution in [1.29, 1.82) is 0 Å². The first kappa shape index (κ1) is 65.0. The molecule has 0 aromatic heterocycles. The summed E-state index contributed by atoms with van der Waals surface area (Å²) >= 11 is 19.8. The molecule has 5 rings (SSSR count). The van der Waals surface area contributed by atoms with Crippen molar-refractivity contribution in [2.24, 2.45) is 11.5 Å². The molecule has 0 radical (unpaired) electrons. The Kier molecular flexibility index (Phi) is 29.1. The molecule has 10 amide bonds. The van der Waals surface area contributed by atoms with Crippen LogP contribution in [-0.4, -0.2) is 183 Å². The van der Waals surface area contributed by atoms with Crippen molar-refractivity contribution in [1.82, 2.24) is 34.7 Å². The second kappa shape index (κ2) is 32.3. The molecule has 0 saturated carbocycles. The Morgan fingerprint density at radius 2 is 0.694 bits per heavy atom. The van der Waals surface area contributed by atoms with Crippen molar-refractivity contribution in [2.45, 2.75) is 32.1 Å². The number of nitrogens with one attached hydrogen (secondary N) is 2. The molecule has 0 saturated heterocycles. The van der Waals surface area contributed by atoms with Crippen LogP contribution in [0.15, 0.2) is 60.8 Å². The van der Waals surface area contributed by atoms with E-state index in [1.807, 2.05) is 0 Å². The molecule has 1 atom stereocenters. The number of carboxylic acid groups (broad SMARTS) is 2. The molecule has 0 aliphatic carbocycles. The van der Waals surface area contributed by atoms with Gasteiger partial charge in [-0.05, 0) is 53.0 Å². The van der Waals surface area contributed by atoms with Crippen LogP contribution < -0.4 is 21.6 Å². The van der Waals surface area contributed by atoms with E-state index in [2.05, 4.69) is 43.9 Å². The Morgan fingerprint density at radius 1 is 0.431 bits per heavy atom. The summed E-state index contributed by atoms with van der Waals surface area (Å²) in [6.07, 6.45) is 13.0. The quantitative estimate of drug-likeness (QED) is 0.0586. The third-order valence-corrected chi connectivity index (χ3v) is 14.6. The number of rotatable bonds is 24. The summed E-state index contributed by atoms with van der Waals surface area (Å²) in [5, 5.41) is 18.8. The fourth-order valence-corrected chi connectivity index (χ4v) is 10.0. The van der Waals surface area contributed by atoms with Gasteiger partial charge in [0.05, 0.1) is 12.8 Å². The number of carbonyl (C=O) groups is 12. The predicted molar refractivity (Wildman–Crippen MR) is 263 cm³/mol. The zero-order chi connectivity index (χ0) is 54.8. The highest BCUT2D eigenvalue weighted by molar-refractivity contribution is 8.24. The summed E-state index contributed by atoms with van der Waals surface area (Å²) in [6.45, 7) is -1.67. The molecule has 0 spiro atoms. The number of nitrogens with zero attached hydrogens (tertiary/aromatic N) is 5. The normalized spacial score (nSPS) is 16.8. The predicted octanol–water partition coefficient (Wildman–Crippen LogP) is 1.31. The summed E-state index contributed by atoms with van der Waals surface area (Å²) in [6, 6.07) is 0. The first-order valence-electron chi connectivity index (χ1n) is 21.1. The first-order chi connectivity index (χ1) is 33.5. The van der Waals surface area contributed by atoms with E-state index in [9.17, 15) is 71.2 Å². The highest BCUT2D eigenvalue weighted by Crippen LogP contribution is 2.61. The van der Waals surface area contributed by atoms with Crippen LogP contribution in [-0.2, 0) is 71.2 Å². The van der Waals surface area contributed by atoms with E-state index in [-0.39, 0.29) is 119 Å². The summed E-state index contributed by atoms with van der Waals surface area (Å²) in [5.41, 5.74) is 10.0. The van der Waals surface area contributed by atoms with E-state index in [0.717, 1.165) is 48.8 Å². The molecule has 0 aromatic rings. The minimum Gasteiger partial charge on any atom is -0.481 e. The zero-order valence-electron chi connectivity index (χ0n) is 38.1. The van der Waals surface area contributed by atoms with Crippen molar-refractivity contribution in [3.63, 3.8) is 0 Å². The van der Waals surface area contributed by atoms with Crippen LogP contribution in [0, 0.1) is 0 Å². The van der Waals surface area contributed by atoms with E-state index in [0.29, 0.717) is 25.9 Å². The second-order valence-electron chi connectivity index (χ2n) is 14.6. The van der Waals surface area contributed by atoms with E-state index < -0.39 is 54.7 Å². The number of hydrogen-bond acceptors (Lipinski definition) is 17. The third-order valence-electron chi connectivity index (χ3n) is 9.22. The van der Waals surface area contributed by atoms with Crippen LogP contribution in [0.3, 0.4) is 0 Å². The van der Waals surface area contributed by atoms with Gasteiger partial charge in [0.15, 0.2) is 6.49 Å². The molecule has 5 aliphatic rings. The summed E-state index contributed by atoms with van der Waals surface area (Å²) in [5.74, 6) is -5.73. The lowest BCUT2D eigenvalue weighted by Crippen LogP contribution is -2.38. The van der Waals surface area contributed by atoms with Crippen LogP contribution in [0.1, 0.15) is 32.1 Å². The Hall–Kier alpha value is -4.97. The fraction of sp³-hybridized carbons (Fsp3) is 0.436. The van der Waals surface area contributed by atoms with Crippen molar-refractivity contribution < 1.29 is 81.4 Å². The average Bonchev–Trinajstić information content (AvgIpc) is 4.06. The van der Waals surface area contributed by atoms with Crippen molar-refractivity contribution in [3.05, 3.63) is 60.8 Å². The van der Waals surface area contributed by atoms with Crippen LogP contribution in [0.4, 0.5) is 0 Å². The van der Waals surface area contributed by atoms with E-state index >= 15 is 0 Å². The molecular weight excluding hydrogens is 1100 g/mol. The molecule has 5 aliphatic heterocycles.